The monoisotopic (exact) mass is 241 g/mol. The van der Waals surface area contributed by atoms with Crippen LogP contribution in [0.15, 0.2) is 18.2 Å². The van der Waals surface area contributed by atoms with Gasteiger partial charge in [0.25, 0.3) is 0 Å². The molecule has 1 aromatic carbocycles. The third-order valence-electron chi connectivity index (χ3n) is 2.69. The lowest BCUT2D eigenvalue weighted by molar-refractivity contribution is 0.121. The van der Waals surface area contributed by atoms with E-state index in [1.54, 1.807) is 6.07 Å². The van der Waals surface area contributed by atoms with E-state index in [9.17, 15) is 9.50 Å². The molecule has 0 unspecified atom stereocenters. The summed E-state index contributed by atoms with van der Waals surface area (Å²) in [5, 5.41) is 9.88. The summed E-state index contributed by atoms with van der Waals surface area (Å²) in [6.45, 7) is 4.01. The molecule has 2 atom stereocenters. The van der Waals surface area contributed by atoms with E-state index in [0.29, 0.717) is 17.9 Å². The molecule has 0 aliphatic heterocycles. The maximum absolute atomic E-state index is 13.5. The fraction of sp³-hybridized carbons (Fsp3) is 0.538. The van der Waals surface area contributed by atoms with Crippen LogP contribution in [0.3, 0.4) is 0 Å². The summed E-state index contributed by atoms with van der Waals surface area (Å²) in [4.78, 5) is 0. The van der Waals surface area contributed by atoms with Crippen molar-refractivity contribution in [1.29, 1.82) is 0 Å². The van der Waals surface area contributed by atoms with Gasteiger partial charge in [0.15, 0.2) is 11.6 Å². The van der Waals surface area contributed by atoms with Gasteiger partial charge < -0.3 is 15.6 Å². The van der Waals surface area contributed by atoms with E-state index in [1.807, 2.05) is 13.8 Å². The van der Waals surface area contributed by atoms with Gasteiger partial charge in [0.2, 0.25) is 0 Å². The molecule has 0 aliphatic rings. The molecule has 0 aromatic heterocycles. The zero-order valence-corrected chi connectivity index (χ0v) is 10.5. The van der Waals surface area contributed by atoms with Crippen LogP contribution >= 0.6 is 0 Å². The first kappa shape index (κ1) is 13.9. The van der Waals surface area contributed by atoms with Crippen LogP contribution in [-0.2, 0) is 0 Å². The lowest BCUT2D eigenvalue weighted by Gasteiger charge is -2.21. The van der Waals surface area contributed by atoms with Gasteiger partial charge in [-0.3, -0.25) is 0 Å². The molecule has 1 aromatic rings. The average molecular weight is 241 g/mol. The number of nitrogens with two attached hydrogens (primary N) is 1. The van der Waals surface area contributed by atoms with Gasteiger partial charge in [0.05, 0.1) is 19.3 Å². The highest BCUT2D eigenvalue weighted by Gasteiger charge is 2.19. The van der Waals surface area contributed by atoms with Crippen molar-refractivity contribution in [2.24, 2.45) is 11.7 Å². The van der Waals surface area contributed by atoms with Crippen molar-refractivity contribution >= 4 is 0 Å². The molecule has 0 bridgehead atoms. The summed E-state index contributed by atoms with van der Waals surface area (Å²) < 4.78 is 18.3. The zero-order chi connectivity index (χ0) is 13.0. The van der Waals surface area contributed by atoms with Gasteiger partial charge in [0, 0.05) is 0 Å². The Morgan fingerprint density at radius 2 is 2.06 bits per heavy atom. The maximum Gasteiger partial charge on any atom is 0.165 e. The highest BCUT2D eigenvalue weighted by Crippen LogP contribution is 2.24. The molecule has 0 fully saturated rings. The molecule has 1 rings (SSSR count). The van der Waals surface area contributed by atoms with E-state index in [1.165, 1.54) is 19.2 Å². The first-order valence-corrected chi connectivity index (χ1v) is 5.72. The van der Waals surface area contributed by atoms with Crippen LogP contribution in [0.5, 0.6) is 5.75 Å². The summed E-state index contributed by atoms with van der Waals surface area (Å²) in [5.41, 5.74) is 6.47. The number of ether oxygens (including phenoxy) is 1. The molecule has 0 heterocycles. The van der Waals surface area contributed by atoms with E-state index in [-0.39, 0.29) is 5.75 Å². The van der Waals surface area contributed by atoms with E-state index in [4.69, 9.17) is 10.5 Å². The molecule has 4 heteroatoms. The average Bonchev–Trinajstić information content (AvgIpc) is 2.27. The van der Waals surface area contributed by atoms with Crippen molar-refractivity contribution in [2.45, 2.75) is 32.4 Å². The van der Waals surface area contributed by atoms with E-state index in [2.05, 4.69) is 0 Å². The summed E-state index contributed by atoms with van der Waals surface area (Å²) in [6.07, 6.45) is -0.0720. The zero-order valence-electron chi connectivity index (χ0n) is 10.5. The first-order valence-electron chi connectivity index (χ1n) is 5.72. The molecule has 0 saturated carbocycles. The summed E-state index contributed by atoms with van der Waals surface area (Å²) >= 11 is 0. The minimum Gasteiger partial charge on any atom is -0.494 e. The third kappa shape index (κ3) is 3.68. The quantitative estimate of drug-likeness (QED) is 0.831. The molecule has 96 valence electrons. The van der Waals surface area contributed by atoms with Gasteiger partial charge in [-0.25, -0.2) is 4.39 Å². The predicted octanol–water partition coefficient (Wildman–Crippen LogP) is 2.24. The van der Waals surface area contributed by atoms with Crippen molar-refractivity contribution in [3.05, 3.63) is 29.6 Å². The van der Waals surface area contributed by atoms with E-state index < -0.39 is 18.0 Å². The van der Waals surface area contributed by atoms with Crippen LogP contribution in [0.2, 0.25) is 0 Å². The Labute approximate surface area is 101 Å². The van der Waals surface area contributed by atoms with Crippen LogP contribution in [0, 0.1) is 11.7 Å². The number of methoxy groups -OCH3 is 1. The number of hydrogen-bond donors (Lipinski definition) is 2. The smallest absolute Gasteiger partial charge is 0.165 e. The third-order valence-corrected chi connectivity index (χ3v) is 2.69. The first-order chi connectivity index (χ1) is 7.95. The highest BCUT2D eigenvalue weighted by atomic mass is 19.1. The standard InChI is InChI=1S/C13H20FNO2/c1-8(2)6-11(16)13(15)9-4-5-12(17-3)10(14)7-9/h4-5,7-8,11,13,16H,6,15H2,1-3H3/t11-,13+/m1/s1. The Kier molecular flexibility index (Phi) is 4.90. The Morgan fingerprint density at radius 3 is 2.53 bits per heavy atom. The van der Waals surface area contributed by atoms with Crippen LogP contribution in [0.4, 0.5) is 4.39 Å². The largest absolute Gasteiger partial charge is 0.494 e. The molecule has 3 N–H and O–H groups in total. The van der Waals surface area contributed by atoms with Gasteiger partial charge in [-0.15, -0.1) is 0 Å². The molecule has 0 saturated heterocycles. The van der Waals surface area contributed by atoms with Crippen LogP contribution in [0.25, 0.3) is 0 Å². The summed E-state index contributed by atoms with van der Waals surface area (Å²) in [5.74, 6) is 0.0654. The number of rotatable bonds is 5. The number of hydrogen-bond acceptors (Lipinski definition) is 3. The van der Waals surface area contributed by atoms with Gasteiger partial charge in [-0.1, -0.05) is 19.9 Å². The second kappa shape index (κ2) is 5.98. The Bertz CT molecular complexity index is 368. The van der Waals surface area contributed by atoms with Crippen molar-refractivity contribution in [2.75, 3.05) is 7.11 Å². The number of aliphatic hydroxyl groups is 1. The molecule has 0 aliphatic carbocycles. The fourth-order valence-electron chi connectivity index (χ4n) is 1.74. The van der Waals surface area contributed by atoms with Gasteiger partial charge >= 0.3 is 0 Å². The molecular formula is C13H20FNO2. The second-order valence-corrected chi connectivity index (χ2v) is 4.62. The van der Waals surface area contributed by atoms with Crippen LogP contribution in [0.1, 0.15) is 31.9 Å². The number of aliphatic hydroxyl groups excluding tert-OH is 1. The molecule has 0 spiro atoms. The summed E-state index contributed by atoms with van der Waals surface area (Å²) in [7, 11) is 1.41. The Morgan fingerprint density at radius 1 is 1.41 bits per heavy atom. The maximum atomic E-state index is 13.5. The Balaban J connectivity index is 2.82. The van der Waals surface area contributed by atoms with Crippen molar-refractivity contribution in [1.82, 2.24) is 0 Å². The number of halogens is 1. The fourth-order valence-corrected chi connectivity index (χ4v) is 1.74. The van der Waals surface area contributed by atoms with Gasteiger partial charge in [-0.05, 0) is 30.0 Å². The van der Waals surface area contributed by atoms with Gasteiger partial charge in [-0.2, -0.15) is 0 Å². The van der Waals surface area contributed by atoms with Crippen LogP contribution in [-0.4, -0.2) is 18.3 Å². The topological polar surface area (TPSA) is 55.5 Å². The van der Waals surface area contributed by atoms with E-state index in [0.717, 1.165) is 0 Å². The minimum absolute atomic E-state index is 0.180. The molecule has 0 radical (unpaired) electrons. The van der Waals surface area contributed by atoms with E-state index >= 15 is 0 Å². The molecule has 17 heavy (non-hydrogen) atoms. The molecule has 3 nitrogen and oxygen atoms in total. The SMILES string of the molecule is COc1ccc([C@H](N)[C@H](O)CC(C)C)cc1F. The summed E-state index contributed by atoms with van der Waals surface area (Å²) in [6, 6.07) is 3.94. The van der Waals surface area contributed by atoms with Gasteiger partial charge in [0.1, 0.15) is 0 Å². The van der Waals surface area contributed by atoms with Crippen LogP contribution < -0.4 is 10.5 Å². The molecule has 0 amide bonds. The van der Waals surface area contributed by atoms with Crippen molar-refractivity contribution in [3.8, 4) is 5.75 Å². The minimum atomic E-state index is -0.664. The van der Waals surface area contributed by atoms with Crippen molar-refractivity contribution in [3.63, 3.8) is 0 Å². The highest BCUT2D eigenvalue weighted by molar-refractivity contribution is 5.31. The molecular weight excluding hydrogens is 221 g/mol. The number of benzene rings is 1. The lowest BCUT2D eigenvalue weighted by atomic mass is 9.95. The lowest BCUT2D eigenvalue weighted by Crippen LogP contribution is -2.27. The Hall–Kier alpha value is -1.13. The van der Waals surface area contributed by atoms with Crippen molar-refractivity contribution < 1.29 is 14.2 Å². The second-order valence-electron chi connectivity index (χ2n) is 4.62. The predicted molar refractivity (Wildman–Crippen MR) is 65.3 cm³/mol. The normalized spacial score (nSPS) is 14.8.